The van der Waals surface area contributed by atoms with E-state index < -0.39 is 0 Å². The fourth-order valence-electron chi connectivity index (χ4n) is 3.05. The molecule has 5 heteroatoms. The molecule has 0 aliphatic rings. The van der Waals surface area contributed by atoms with Gasteiger partial charge in [0.25, 0.3) is 0 Å². The summed E-state index contributed by atoms with van der Waals surface area (Å²) in [5.74, 6) is 1.17. The average Bonchev–Trinajstić information content (AvgIpc) is 2.79. The summed E-state index contributed by atoms with van der Waals surface area (Å²) in [4.78, 5) is 4.48. The molecule has 25 heavy (non-hydrogen) atoms. The number of rotatable bonds is 5. The van der Waals surface area contributed by atoms with Crippen LogP contribution < -0.4 is 4.74 Å². The summed E-state index contributed by atoms with van der Waals surface area (Å²) in [5.41, 5.74) is 4.47. The molecule has 2 aromatic heterocycles. The Labute approximate surface area is 158 Å². The number of ether oxygens (including phenoxy) is 1. The third-order valence-electron chi connectivity index (χ3n) is 4.44. The van der Waals surface area contributed by atoms with E-state index in [1.54, 1.807) is 12.3 Å². The van der Waals surface area contributed by atoms with Crippen molar-refractivity contribution in [3.63, 3.8) is 0 Å². The van der Waals surface area contributed by atoms with Crippen molar-refractivity contribution < 1.29 is 4.74 Å². The molecule has 0 amide bonds. The lowest BCUT2D eigenvalue weighted by molar-refractivity contribution is 0.296. The third kappa shape index (κ3) is 3.63. The number of hydrogen-bond donors (Lipinski definition) is 0. The lowest BCUT2D eigenvalue weighted by Crippen LogP contribution is -2.08. The van der Waals surface area contributed by atoms with Crippen LogP contribution in [0.25, 0.3) is 10.9 Å². The molecule has 0 atom stereocenters. The highest BCUT2D eigenvalue weighted by molar-refractivity contribution is 6.35. The first kappa shape index (κ1) is 18.1. The smallest absolute Gasteiger partial charge is 0.238 e. The molecule has 3 nitrogen and oxygen atoms in total. The maximum absolute atomic E-state index is 6.25. The fraction of sp³-hybridized carbons (Fsp3) is 0.350. The van der Waals surface area contributed by atoms with E-state index >= 15 is 0 Å². The van der Waals surface area contributed by atoms with Crippen molar-refractivity contribution >= 4 is 34.1 Å². The maximum atomic E-state index is 6.25. The molecule has 0 N–H and O–H groups in total. The zero-order valence-corrected chi connectivity index (χ0v) is 16.4. The van der Waals surface area contributed by atoms with Gasteiger partial charge in [0.1, 0.15) is 12.1 Å². The second kappa shape index (κ2) is 7.27. The Hall–Kier alpha value is -1.71. The highest BCUT2D eigenvalue weighted by Crippen LogP contribution is 2.32. The van der Waals surface area contributed by atoms with Crippen LogP contribution in [-0.2, 0) is 13.2 Å². The molecule has 2 heterocycles. The number of hydrogen-bond acceptors (Lipinski definition) is 2. The van der Waals surface area contributed by atoms with Gasteiger partial charge in [0, 0.05) is 39.4 Å². The summed E-state index contributed by atoms with van der Waals surface area (Å²) >= 11 is 12.2. The number of nitrogens with zero attached hydrogens (tertiary/aromatic N) is 2. The van der Waals surface area contributed by atoms with Crippen LogP contribution in [-0.4, -0.2) is 9.55 Å². The van der Waals surface area contributed by atoms with Gasteiger partial charge in [-0.25, -0.2) is 4.98 Å². The predicted molar refractivity (Wildman–Crippen MR) is 105 cm³/mol. The molecule has 0 aliphatic heterocycles. The SMILES string of the molecule is Cc1c(C)n(CC(C)C)c2c(OCc3ccc(Cl)cc3Cl)nccc12. The third-order valence-corrected chi connectivity index (χ3v) is 5.03. The van der Waals surface area contributed by atoms with Crippen molar-refractivity contribution in [2.24, 2.45) is 5.92 Å². The van der Waals surface area contributed by atoms with Gasteiger partial charge in [0.15, 0.2) is 0 Å². The first-order valence-electron chi connectivity index (χ1n) is 8.39. The van der Waals surface area contributed by atoms with Crippen molar-refractivity contribution in [2.45, 2.75) is 40.8 Å². The Morgan fingerprint density at radius 1 is 1.16 bits per heavy atom. The van der Waals surface area contributed by atoms with Gasteiger partial charge in [-0.3, -0.25) is 0 Å². The first-order valence-corrected chi connectivity index (χ1v) is 9.15. The topological polar surface area (TPSA) is 27.1 Å². The first-order chi connectivity index (χ1) is 11.9. The molecule has 0 bridgehead atoms. The molecule has 0 spiro atoms. The van der Waals surface area contributed by atoms with Crippen LogP contribution in [0.15, 0.2) is 30.5 Å². The van der Waals surface area contributed by atoms with Crippen LogP contribution in [0.2, 0.25) is 10.0 Å². The fourth-order valence-corrected chi connectivity index (χ4v) is 3.51. The zero-order valence-electron chi connectivity index (χ0n) is 14.9. The minimum absolute atomic E-state index is 0.354. The van der Waals surface area contributed by atoms with Crippen LogP contribution in [0, 0.1) is 19.8 Å². The molecule has 3 rings (SSSR count). The van der Waals surface area contributed by atoms with Gasteiger partial charge in [0.2, 0.25) is 5.88 Å². The molecule has 0 aliphatic carbocycles. The number of halogens is 2. The summed E-state index contributed by atoms with van der Waals surface area (Å²) in [7, 11) is 0. The van der Waals surface area contributed by atoms with Crippen LogP contribution in [0.4, 0.5) is 0 Å². The van der Waals surface area contributed by atoms with Gasteiger partial charge in [-0.1, -0.05) is 43.1 Å². The van der Waals surface area contributed by atoms with E-state index in [1.165, 1.54) is 16.6 Å². The van der Waals surface area contributed by atoms with E-state index in [0.29, 0.717) is 28.5 Å². The van der Waals surface area contributed by atoms with E-state index in [-0.39, 0.29) is 0 Å². The van der Waals surface area contributed by atoms with Crippen LogP contribution in [0.1, 0.15) is 30.7 Å². The second-order valence-corrected chi connectivity index (χ2v) is 7.60. The monoisotopic (exact) mass is 376 g/mol. The highest BCUT2D eigenvalue weighted by Gasteiger charge is 2.17. The lowest BCUT2D eigenvalue weighted by atomic mass is 10.2. The largest absolute Gasteiger partial charge is 0.471 e. The van der Waals surface area contributed by atoms with E-state index in [1.807, 2.05) is 12.1 Å². The summed E-state index contributed by atoms with van der Waals surface area (Å²) < 4.78 is 8.36. The minimum atomic E-state index is 0.354. The number of aromatic nitrogens is 2. The molecule has 1 aromatic carbocycles. The van der Waals surface area contributed by atoms with Gasteiger partial charge < -0.3 is 9.30 Å². The van der Waals surface area contributed by atoms with E-state index in [0.717, 1.165) is 17.6 Å². The molecule has 0 saturated heterocycles. The molecule has 3 aromatic rings. The number of benzene rings is 1. The summed E-state index contributed by atoms with van der Waals surface area (Å²) in [5, 5.41) is 2.40. The molecular weight excluding hydrogens is 355 g/mol. The molecule has 0 unspecified atom stereocenters. The quantitative estimate of drug-likeness (QED) is 0.530. The van der Waals surface area contributed by atoms with Gasteiger partial charge >= 0.3 is 0 Å². The summed E-state index contributed by atoms with van der Waals surface area (Å²) in [6.45, 7) is 10.0. The standard InChI is InChI=1S/C20H22Cl2N2O/c1-12(2)10-24-14(4)13(3)17-7-8-23-20(19(17)24)25-11-15-5-6-16(21)9-18(15)22/h5-9,12H,10-11H2,1-4H3. The van der Waals surface area contributed by atoms with E-state index in [9.17, 15) is 0 Å². The van der Waals surface area contributed by atoms with Gasteiger partial charge in [0.05, 0.1) is 0 Å². The molecule has 0 radical (unpaired) electrons. The minimum Gasteiger partial charge on any atom is -0.471 e. The lowest BCUT2D eigenvalue weighted by Gasteiger charge is -2.14. The molecule has 132 valence electrons. The number of aryl methyl sites for hydroxylation is 1. The van der Waals surface area contributed by atoms with Gasteiger partial charge in [-0.2, -0.15) is 0 Å². The maximum Gasteiger partial charge on any atom is 0.238 e. The van der Waals surface area contributed by atoms with Crippen LogP contribution in [0.5, 0.6) is 5.88 Å². The average molecular weight is 377 g/mol. The van der Waals surface area contributed by atoms with Crippen molar-refractivity contribution in [2.75, 3.05) is 0 Å². The van der Waals surface area contributed by atoms with Crippen molar-refractivity contribution in [1.29, 1.82) is 0 Å². The van der Waals surface area contributed by atoms with Crippen molar-refractivity contribution in [3.8, 4) is 5.88 Å². The zero-order chi connectivity index (χ0) is 18.1. The van der Waals surface area contributed by atoms with E-state index in [4.69, 9.17) is 27.9 Å². The Balaban J connectivity index is 2.00. The normalized spacial score (nSPS) is 11.5. The molecule has 0 fully saturated rings. The molecule has 0 saturated carbocycles. The Kier molecular flexibility index (Phi) is 5.26. The number of fused-ring (bicyclic) bond motifs is 1. The Morgan fingerprint density at radius 2 is 1.92 bits per heavy atom. The summed E-state index contributed by atoms with van der Waals surface area (Å²) in [6.07, 6.45) is 1.80. The summed E-state index contributed by atoms with van der Waals surface area (Å²) in [6, 6.07) is 7.48. The molecular formula is C20H22Cl2N2O. The van der Waals surface area contributed by atoms with Gasteiger partial charge in [-0.05, 0) is 43.5 Å². The predicted octanol–water partition coefficient (Wildman–Crippen LogP) is 6.19. The van der Waals surface area contributed by atoms with Gasteiger partial charge in [-0.15, -0.1) is 0 Å². The number of pyridine rings is 1. The second-order valence-electron chi connectivity index (χ2n) is 6.75. The van der Waals surface area contributed by atoms with Crippen molar-refractivity contribution in [1.82, 2.24) is 9.55 Å². The van der Waals surface area contributed by atoms with Crippen molar-refractivity contribution in [3.05, 3.63) is 57.3 Å². The van der Waals surface area contributed by atoms with Crippen LogP contribution in [0.3, 0.4) is 0 Å². The highest BCUT2D eigenvalue weighted by atomic mass is 35.5. The Morgan fingerprint density at radius 3 is 2.60 bits per heavy atom. The van der Waals surface area contributed by atoms with E-state index in [2.05, 4.69) is 43.3 Å². The Bertz CT molecular complexity index is 916. The van der Waals surface area contributed by atoms with Crippen LogP contribution >= 0.6 is 23.2 Å².